The molecule has 0 amide bonds. The van der Waals surface area contributed by atoms with Crippen molar-refractivity contribution in [3.8, 4) is 22.3 Å². The Morgan fingerprint density at radius 2 is 0.971 bits per heavy atom. The van der Waals surface area contributed by atoms with Gasteiger partial charge in [-0.2, -0.15) is 0 Å². The van der Waals surface area contributed by atoms with E-state index in [1.165, 1.54) is 11.1 Å². The average molecular weight is 461 g/mol. The van der Waals surface area contributed by atoms with Gasteiger partial charge in [0.2, 0.25) is 0 Å². The van der Waals surface area contributed by atoms with Crippen molar-refractivity contribution in [3.05, 3.63) is 118 Å². The predicted molar refractivity (Wildman–Crippen MR) is 135 cm³/mol. The first-order chi connectivity index (χ1) is 17.0. The Bertz CT molecular complexity index is 1390. The van der Waals surface area contributed by atoms with Gasteiger partial charge in [0, 0.05) is 0 Å². The van der Waals surface area contributed by atoms with E-state index >= 15 is 0 Å². The molecule has 0 bridgehead atoms. The maximum absolute atomic E-state index is 12.6. The molecular weight excluding hydrogens is 436 g/mol. The van der Waals surface area contributed by atoms with Gasteiger partial charge in [-0.25, -0.2) is 0 Å². The molecule has 2 aliphatic rings. The van der Waals surface area contributed by atoms with Crippen LogP contribution >= 0.6 is 0 Å². The number of carboxylic acids is 2. The first-order valence-electron chi connectivity index (χ1n) is 11.9. The maximum atomic E-state index is 12.6. The molecule has 4 aromatic carbocycles. The van der Waals surface area contributed by atoms with Crippen LogP contribution in [0.2, 0.25) is 0 Å². The van der Waals surface area contributed by atoms with Crippen LogP contribution in [0.5, 0.6) is 0 Å². The fraction of sp³-hybridized carbons (Fsp3) is 0.161. The quantitative estimate of drug-likeness (QED) is 0.308. The molecule has 4 aromatic rings. The Morgan fingerprint density at radius 3 is 1.40 bits per heavy atom. The highest BCUT2D eigenvalue weighted by Gasteiger charge is 2.35. The van der Waals surface area contributed by atoms with Crippen LogP contribution in [0.4, 0.5) is 0 Å². The number of hydrogen-bond acceptors (Lipinski definition) is 2. The minimum atomic E-state index is -0.989. The summed E-state index contributed by atoms with van der Waals surface area (Å²) in [4.78, 5) is 25.2. The fourth-order valence-corrected chi connectivity index (χ4v) is 5.97. The van der Waals surface area contributed by atoms with Crippen LogP contribution in [0, 0.1) is 0 Å². The summed E-state index contributed by atoms with van der Waals surface area (Å²) in [6.45, 7) is 0. The molecule has 0 heterocycles. The normalized spacial score (nSPS) is 14.4. The van der Waals surface area contributed by atoms with E-state index in [9.17, 15) is 19.8 Å². The first-order valence-corrected chi connectivity index (χ1v) is 11.9. The minimum Gasteiger partial charge on any atom is -0.481 e. The number of aliphatic carboxylic acids is 2. The van der Waals surface area contributed by atoms with Gasteiger partial charge in [-0.15, -0.1) is 0 Å². The largest absolute Gasteiger partial charge is 0.481 e. The van der Waals surface area contributed by atoms with Crippen molar-refractivity contribution in [2.24, 2.45) is 0 Å². The second-order valence-electron chi connectivity index (χ2n) is 9.43. The van der Waals surface area contributed by atoms with Gasteiger partial charge in [0.25, 0.3) is 0 Å². The molecule has 0 spiro atoms. The van der Waals surface area contributed by atoms with Gasteiger partial charge in [-0.1, -0.05) is 84.9 Å². The van der Waals surface area contributed by atoms with E-state index in [0.29, 0.717) is 24.0 Å². The maximum Gasteiger partial charge on any atom is 0.311 e. The minimum absolute atomic E-state index is 0.00423. The number of carboxylic acid groups (broad SMARTS) is 2. The topological polar surface area (TPSA) is 74.6 Å². The van der Waals surface area contributed by atoms with E-state index in [4.69, 9.17) is 0 Å². The van der Waals surface area contributed by atoms with Gasteiger partial charge in [0.05, 0.1) is 11.8 Å². The molecule has 2 aliphatic carbocycles. The van der Waals surface area contributed by atoms with Gasteiger partial charge in [0.1, 0.15) is 0 Å². The van der Waals surface area contributed by atoms with E-state index in [-0.39, 0.29) is 6.42 Å². The highest BCUT2D eigenvalue weighted by molar-refractivity contribution is 5.86. The number of carbonyl (C=O) groups is 2. The number of hydrogen-bond donors (Lipinski definition) is 2. The molecule has 0 saturated heterocycles. The lowest BCUT2D eigenvalue weighted by molar-refractivity contribution is -0.141. The van der Waals surface area contributed by atoms with Gasteiger partial charge < -0.3 is 10.2 Å². The van der Waals surface area contributed by atoms with Crippen LogP contribution in [0.1, 0.15) is 51.6 Å². The Hall–Kier alpha value is -4.18. The van der Waals surface area contributed by atoms with Gasteiger partial charge in [-0.3, -0.25) is 9.59 Å². The molecular formula is C31H24O4. The summed E-state index contributed by atoms with van der Waals surface area (Å²) in [7, 11) is 0. The molecule has 172 valence electrons. The molecule has 0 saturated carbocycles. The van der Waals surface area contributed by atoms with E-state index < -0.39 is 23.8 Å². The summed E-state index contributed by atoms with van der Waals surface area (Å²) in [6.07, 6.45) is 1.34. The van der Waals surface area contributed by atoms with Crippen LogP contribution in [-0.4, -0.2) is 22.2 Å². The number of fused-ring (bicyclic) bond motifs is 6. The van der Waals surface area contributed by atoms with Crippen molar-refractivity contribution in [1.29, 1.82) is 0 Å². The van der Waals surface area contributed by atoms with Crippen molar-refractivity contribution in [2.75, 3.05) is 0 Å². The summed E-state index contributed by atoms with van der Waals surface area (Å²) in [5, 5.41) is 20.6. The van der Waals surface area contributed by atoms with Gasteiger partial charge in [-0.05, 0) is 74.9 Å². The molecule has 0 fully saturated rings. The molecule has 0 aliphatic heterocycles. The van der Waals surface area contributed by atoms with Crippen LogP contribution in [0.15, 0.2) is 84.9 Å². The monoisotopic (exact) mass is 460 g/mol. The zero-order valence-corrected chi connectivity index (χ0v) is 19.1. The molecule has 6 rings (SSSR count). The Balaban J connectivity index is 1.41. The summed E-state index contributed by atoms with van der Waals surface area (Å²) < 4.78 is 0. The molecule has 2 atom stereocenters. The van der Waals surface area contributed by atoms with Crippen molar-refractivity contribution in [3.63, 3.8) is 0 Å². The standard InChI is InChI=1S/C31H24O4/c32-30(33)28(24-13-5-11-22-20-9-3-1-7-18(20)15-26(22)24)17-29(31(34)35)25-14-6-12-23-21-10-4-2-8-19(21)16-27(23)25/h1-14,28-29H,15-17H2,(H,32,33)(H,34,35). The average Bonchev–Trinajstić information content (AvgIpc) is 3.43. The van der Waals surface area contributed by atoms with Crippen LogP contribution in [0.25, 0.3) is 22.3 Å². The van der Waals surface area contributed by atoms with E-state index in [2.05, 4.69) is 24.3 Å². The second-order valence-corrected chi connectivity index (χ2v) is 9.43. The number of rotatable bonds is 6. The van der Waals surface area contributed by atoms with Crippen LogP contribution in [-0.2, 0) is 22.4 Å². The van der Waals surface area contributed by atoms with Crippen LogP contribution in [0.3, 0.4) is 0 Å². The highest BCUT2D eigenvalue weighted by Crippen LogP contribution is 2.45. The third-order valence-electron chi connectivity index (χ3n) is 7.59. The molecule has 4 heteroatoms. The molecule has 2 N–H and O–H groups in total. The molecule has 0 radical (unpaired) electrons. The Morgan fingerprint density at radius 1 is 0.571 bits per heavy atom. The number of benzene rings is 4. The Labute approximate surface area is 203 Å². The van der Waals surface area contributed by atoms with Gasteiger partial charge in [0.15, 0.2) is 0 Å². The Kier molecular flexibility index (Phi) is 5.03. The third kappa shape index (κ3) is 3.45. The first kappa shape index (κ1) is 21.4. The SMILES string of the molecule is O=C(O)C(CC(C(=O)O)c1cccc2c1Cc1ccccc1-2)c1cccc2c1Cc1ccccc1-2. The van der Waals surface area contributed by atoms with Crippen molar-refractivity contribution in [1.82, 2.24) is 0 Å². The molecule has 4 nitrogen and oxygen atoms in total. The van der Waals surface area contributed by atoms with Crippen LogP contribution < -0.4 is 0 Å². The predicted octanol–water partition coefficient (Wildman–Crippen LogP) is 6.26. The fourth-order valence-electron chi connectivity index (χ4n) is 5.97. The van der Waals surface area contributed by atoms with Gasteiger partial charge >= 0.3 is 11.9 Å². The highest BCUT2D eigenvalue weighted by atomic mass is 16.4. The lowest BCUT2D eigenvalue weighted by Gasteiger charge is -2.22. The zero-order valence-electron chi connectivity index (χ0n) is 19.1. The van der Waals surface area contributed by atoms with E-state index in [1.54, 1.807) is 0 Å². The summed E-state index contributed by atoms with van der Waals surface area (Å²) in [5.41, 5.74) is 10.1. The third-order valence-corrected chi connectivity index (χ3v) is 7.59. The van der Waals surface area contributed by atoms with E-state index in [1.807, 2.05) is 60.7 Å². The van der Waals surface area contributed by atoms with Crippen molar-refractivity contribution < 1.29 is 19.8 Å². The van der Waals surface area contributed by atoms with E-state index in [0.717, 1.165) is 33.4 Å². The molecule has 2 unspecified atom stereocenters. The summed E-state index contributed by atoms with van der Waals surface area (Å²) in [6, 6.07) is 27.8. The summed E-state index contributed by atoms with van der Waals surface area (Å²) >= 11 is 0. The lowest BCUT2D eigenvalue weighted by atomic mass is 9.80. The smallest absolute Gasteiger partial charge is 0.311 e. The molecule has 0 aromatic heterocycles. The lowest BCUT2D eigenvalue weighted by Crippen LogP contribution is -2.22. The summed E-state index contributed by atoms with van der Waals surface area (Å²) in [5.74, 6) is -3.81. The zero-order chi connectivity index (χ0) is 24.1. The van der Waals surface area contributed by atoms with Crippen molar-refractivity contribution >= 4 is 11.9 Å². The molecule has 35 heavy (non-hydrogen) atoms. The second kappa shape index (κ2) is 8.24. The van der Waals surface area contributed by atoms with Crippen molar-refractivity contribution in [2.45, 2.75) is 31.1 Å².